The molecule has 2 N–H and O–H groups in total. The van der Waals surface area contributed by atoms with Crippen LogP contribution in [0.15, 0.2) is 11.6 Å². The number of allylic oxidation sites excluding steroid dienone is 1. The van der Waals surface area contributed by atoms with E-state index in [9.17, 15) is 0 Å². The largest absolute Gasteiger partial charge is 0.324 e. The molecule has 0 aromatic rings. The van der Waals surface area contributed by atoms with Crippen molar-refractivity contribution in [3.63, 3.8) is 0 Å². The number of nitrogens with two attached hydrogens (primary N) is 1. The SMILES string of the molecule is CC1CC(C)C2(C)CCC(N)C=C12. The van der Waals surface area contributed by atoms with Gasteiger partial charge in [-0.05, 0) is 36.5 Å². The van der Waals surface area contributed by atoms with Gasteiger partial charge in [0, 0.05) is 6.04 Å². The topological polar surface area (TPSA) is 26.0 Å². The van der Waals surface area contributed by atoms with Crippen molar-refractivity contribution < 1.29 is 0 Å². The lowest BCUT2D eigenvalue weighted by molar-refractivity contribution is 0.252. The van der Waals surface area contributed by atoms with Crippen LogP contribution in [0.1, 0.15) is 40.0 Å². The van der Waals surface area contributed by atoms with Crippen molar-refractivity contribution in [2.75, 3.05) is 0 Å². The van der Waals surface area contributed by atoms with Crippen molar-refractivity contribution in [1.82, 2.24) is 0 Å². The maximum absolute atomic E-state index is 5.98. The van der Waals surface area contributed by atoms with Gasteiger partial charge in [-0.3, -0.25) is 0 Å². The molecule has 0 spiro atoms. The van der Waals surface area contributed by atoms with Gasteiger partial charge < -0.3 is 5.73 Å². The minimum absolute atomic E-state index is 0.329. The van der Waals surface area contributed by atoms with Gasteiger partial charge in [0.05, 0.1) is 0 Å². The van der Waals surface area contributed by atoms with Crippen LogP contribution in [-0.4, -0.2) is 6.04 Å². The second kappa shape index (κ2) is 2.84. The lowest BCUT2D eigenvalue weighted by Gasteiger charge is -2.36. The molecule has 0 amide bonds. The van der Waals surface area contributed by atoms with Gasteiger partial charge in [-0.1, -0.05) is 32.4 Å². The molecule has 4 unspecified atom stereocenters. The Morgan fingerprint density at radius 3 is 2.85 bits per heavy atom. The quantitative estimate of drug-likeness (QED) is 0.568. The molecule has 0 aromatic heterocycles. The minimum Gasteiger partial charge on any atom is -0.324 e. The highest BCUT2D eigenvalue weighted by atomic mass is 14.6. The van der Waals surface area contributed by atoms with Gasteiger partial charge in [0.2, 0.25) is 0 Å². The van der Waals surface area contributed by atoms with E-state index in [2.05, 4.69) is 26.8 Å². The Kier molecular flexibility index (Phi) is 2.03. The molecule has 4 atom stereocenters. The van der Waals surface area contributed by atoms with E-state index in [1.807, 2.05) is 0 Å². The van der Waals surface area contributed by atoms with Crippen molar-refractivity contribution in [2.45, 2.75) is 46.1 Å². The van der Waals surface area contributed by atoms with Crippen LogP contribution in [0.3, 0.4) is 0 Å². The summed E-state index contributed by atoms with van der Waals surface area (Å²) in [6.07, 6.45) is 6.18. The van der Waals surface area contributed by atoms with E-state index in [0.29, 0.717) is 11.5 Å². The van der Waals surface area contributed by atoms with Crippen molar-refractivity contribution >= 4 is 0 Å². The van der Waals surface area contributed by atoms with Gasteiger partial charge in [0.25, 0.3) is 0 Å². The molecular weight excluding hydrogens is 158 g/mol. The zero-order valence-corrected chi connectivity index (χ0v) is 9.01. The second-order valence-corrected chi connectivity index (χ2v) is 5.28. The van der Waals surface area contributed by atoms with Crippen molar-refractivity contribution in [3.05, 3.63) is 11.6 Å². The van der Waals surface area contributed by atoms with E-state index in [1.165, 1.54) is 19.3 Å². The Hall–Kier alpha value is -0.300. The summed E-state index contributed by atoms with van der Waals surface area (Å²) in [6, 6.07) is 0.329. The summed E-state index contributed by atoms with van der Waals surface area (Å²) in [5.41, 5.74) is 8.11. The van der Waals surface area contributed by atoms with Gasteiger partial charge in [0.15, 0.2) is 0 Å². The Bertz CT molecular complexity index is 244. The van der Waals surface area contributed by atoms with E-state index < -0.39 is 0 Å². The third kappa shape index (κ3) is 1.25. The summed E-state index contributed by atoms with van der Waals surface area (Å²) in [5, 5.41) is 0. The van der Waals surface area contributed by atoms with Crippen LogP contribution in [0.5, 0.6) is 0 Å². The minimum atomic E-state index is 0.329. The lowest BCUT2D eigenvalue weighted by atomic mass is 9.69. The van der Waals surface area contributed by atoms with E-state index in [-0.39, 0.29) is 0 Å². The highest BCUT2D eigenvalue weighted by Gasteiger charge is 2.45. The van der Waals surface area contributed by atoms with Crippen LogP contribution < -0.4 is 5.73 Å². The van der Waals surface area contributed by atoms with Gasteiger partial charge >= 0.3 is 0 Å². The van der Waals surface area contributed by atoms with Crippen molar-refractivity contribution in [3.8, 4) is 0 Å². The lowest BCUT2D eigenvalue weighted by Crippen LogP contribution is -2.32. The molecule has 0 bridgehead atoms. The first-order chi connectivity index (χ1) is 6.04. The standard InChI is InChI=1S/C12H21N/c1-8-6-9(2)12(3)5-4-10(13)7-11(8)12/h7-10H,4-6,13H2,1-3H3. The molecule has 0 aliphatic heterocycles. The van der Waals surface area contributed by atoms with Crippen LogP contribution in [0.25, 0.3) is 0 Å². The number of hydrogen-bond acceptors (Lipinski definition) is 1. The first-order valence-electron chi connectivity index (χ1n) is 5.52. The molecule has 1 saturated carbocycles. The van der Waals surface area contributed by atoms with Crippen LogP contribution >= 0.6 is 0 Å². The third-order valence-electron chi connectivity index (χ3n) is 4.38. The number of hydrogen-bond donors (Lipinski definition) is 1. The highest BCUT2D eigenvalue weighted by molar-refractivity contribution is 5.27. The molecule has 2 aliphatic rings. The van der Waals surface area contributed by atoms with Crippen LogP contribution in [-0.2, 0) is 0 Å². The Morgan fingerprint density at radius 2 is 2.15 bits per heavy atom. The summed E-state index contributed by atoms with van der Waals surface area (Å²) in [4.78, 5) is 0. The van der Waals surface area contributed by atoms with Crippen LogP contribution in [0, 0.1) is 17.3 Å². The van der Waals surface area contributed by atoms with Gasteiger partial charge in [-0.15, -0.1) is 0 Å². The number of fused-ring (bicyclic) bond motifs is 1. The summed E-state index contributed by atoms with van der Waals surface area (Å²) in [5.74, 6) is 1.62. The molecule has 13 heavy (non-hydrogen) atoms. The Morgan fingerprint density at radius 1 is 1.46 bits per heavy atom. The number of rotatable bonds is 0. The van der Waals surface area contributed by atoms with Crippen molar-refractivity contribution in [2.24, 2.45) is 23.0 Å². The maximum atomic E-state index is 5.98. The molecule has 0 heterocycles. The van der Waals surface area contributed by atoms with Gasteiger partial charge in [0.1, 0.15) is 0 Å². The second-order valence-electron chi connectivity index (χ2n) is 5.28. The molecule has 74 valence electrons. The Balaban J connectivity index is 2.36. The van der Waals surface area contributed by atoms with Crippen LogP contribution in [0.4, 0.5) is 0 Å². The van der Waals surface area contributed by atoms with Gasteiger partial charge in [-0.2, -0.15) is 0 Å². The zero-order chi connectivity index (χ0) is 9.64. The van der Waals surface area contributed by atoms with E-state index in [4.69, 9.17) is 5.73 Å². The van der Waals surface area contributed by atoms with E-state index in [1.54, 1.807) is 5.57 Å². The predicted molar refractivity (Wildman–Crippen MR) is 56.3 cm³/mol. The van der Waals surface area contributed by atoms with E-state index >= 15 is 0 Å². The van der Waals surface area contributed by atoms with Crippen LogP contribution in [0.2, 0.25) is 0 Å². The van der Waals surface area contributed by atoms with Gasteiger partial charge in [-0.25, -0.2) is 0 Å². The molecule has 0 aromatic carbocycles. The van der Waals surface area contributed by atoms with Crippen molar-refractivity contribution in [1.29, 1.82) is 0 Å². The third-order valence-corrected chi connectivity index (χ3v) is 4.38. The summed E-state index contributed by atoms with van der Waals surface area (Å²) >= 11 is 0. The highest BCUT2D eigenvalue weighted by Crippen LogP contribution is 2.54. The first-order valence-corrected chi connectivity index (χ1v) is 5.52. The van der Waals surface area contributed by atoms with E-state index in [0.717, 1.165) is 11.8 Å². The maximum Gasteiger partial charge on any atom is 0.0226 e. The molecule has 0 saturated heterocycles. The fourth-order valence-electron chi connectivity index (χ4n) is 3.29. The summed E-state index contributed by atoms with van der Waals surface area (Å²) in [7, 11) is 0. The fourth-order valence-corrected chi connectivity index (χ4v) is 3.29. The predicted octanol–water partition coefficient (Wildman–Crippen LogP) is 2.72. The molecule has 2 aliphatic carbocycles. The summed E-state index contributed by atoms with van der Waals surface area (Å²) in [6.45, 7) is 7.18. The molecular formula is C12H21N. The molecule has 1 fully saturated rings. The smallest absolute Gasteiger partial charge is 0.0226 e. The Labute approximate surface area is 81.4 Å². The molecule has 0 radical (unpaired) electrons. The molecule has 1 nitrogen and oxygen atoms in total. The average molecular weight is 179 g/mol. The molecule has 1 heteroatoms. The zero-order valence-electron chi connectivity index (χ0n) is 9.01. The normalized spacial score (nSPS) is 50.2. The first kappa shape index (κ1) is 9.26. The molecule has 2 rings (SSSR count). The average Bonchev–Trinajstić information content (AvgIpc) is 2.28. The summed E-state index contributed by atoms with van der Waals surface area (Å²) < 4.78 is 0. The fraction of sp³-hybridized carbons (Fsp3) is 0.833. The monoisotopic (exact) mass is 179 g/mol.